The number of aromatic nitrogens is 1. The van der Waals surface area contributed by atoms with Gasteiger partial charge in [-0.05, 0) is 49.4 Å². The Labute approximate surface area is 127 Å². The minimum absolute atomic E-state index is 0.138. The van der Waals surface area contributed by atoms with E-state index in [0.29, 0.717) is 21.6 Å². The Balaban J connectivity index is 1.75. The molecular formula is C15H15ClN2OS. The summed E-state index contributed by atoms with van der Waals surface area (Å²) in [6, 6.07) is 6.86. The average molecular weight is 307 g/mol. The predicted octanol–water partition coefficient (Wildman–Crippen LogP) is 4.17. The van der Waals surface area contributed by atoms with Gasteiger partial charge in [-0.2, -0.15) is 0 Å². The summed E-state index contributed by atoms with van der Waals surface area (Å²) in [4.78, 5) is 18.0. The standard InChI is InChI=1S/C15H15ClN2OS/c1-9-2-7-12-13(8-9)20-15(17-12)18-14(19)10-3-5-11(16)6-4-10/h3-6,9H,2,7-8H2,1H3,(H,17,18,19)/t9-/m1/s1. The molecule has 1 aromatic heterocycles. The molecule has 0 unspecified atom stereocenters. The van der Waals surface area contributed by atoms with Crippen LogP contribution in [0.2, 0.25) is 5.02 Å². The molecular weight excluding hydrogens is 292 g/mol. The molecule has 0 bridgehead atoms. The molecule has 1 heterocycles. The molecule has 1 N–H and O–H groups in total. The van der Waals surface area contributed by atoms with Crippen molar-refractivity contribution in [3.05, 3.63) is 45.4 Å². The molecule has 0 radical (unpaired) electrons. The van der Waals surface area contributed by atoms with Crippen molar-refractivity contribution in [2.24, 2.45) is 5.92 Å². The number of anilines is 1. The van der Waals surface area contributed by atoms with E-state index in [4.69, 9.17) is 11.6 Å². The third-order valence-electron chi connectivity index (χ3n) is 3.51. The molecule has 104 valence electrons. The number of amides is 1. The zero-order valence-electron chi connectivity index (χ0n) is 11.1. The quantitative estimate of drug-likeness (QED) is 0.904. The van der Waals surface area contributed by atoms with Crippen LogP contribution in [0.1, 0.15) is 34.3 Å². The maximum Gasteiger partial charge on any atom is 0.257 e. The third-order valence-corrected chi connectivity index (χ3v) is 4.80. The number of nitrogens with one attached hydrogen (secondary N) is 1. The highest BCUT2D eigenvalue weighted by molar-refractivity contribution is 7.15. The van der Waals surface area contributed by atoms with Crippen molar-refractivity contribution in [1.82, 2.24) is 4.98 Å². The second-order valence-electron chi connectivity index (χ2n) is 5.20. The van der Waals surface area contributed by atoms with Crippen molar-refractivity contribution in [2.75, 3.05) is 5.32 Å². The van der Waals surface area contributed by atoms with Gasteiger partial charge in [0.15, 0.2) is 5.13 Å². The number of aryl methyl sites for hydroxylation is 1. The third kappa shape index (κ3) is 2.86. The van der Waals surface area contributed by atoms with Gasteiger partial charge >= 0.3 is 0 Å². The van der Waals surface area contributed by atoms with Gasteiger partial charge in [-0.3, -0.25) is 10.1 Å². The van der Waals surface area contributed by atoms with E-state index in [2.05, 4.69) is 17.2 Å². The van der Waals surface area contributed by atoms with Gasteiger partial charge in [-0.25, -0.2) is 4.98 Å². The van der Waals surface area contributed by atoms with Gasteiger partial charge in [-0.15, -0.1) is 11.3 Å². The lowest BCUT2D eigenvalue weighted by atomic mass is 9.93. The molecule has 0 fully saturated rings. The summed E-state index contributed by atoms with van der Waals surface area (Å²) in [5.41, 5.74) is 1.75. The molecule has 1 aliphatic rings. The summed E-state index contributed by atoms with van der Waals surface area (Å²) < 4.78 is 0. The topological polar surface area (TPSA) is 42.0 Å². The number of carbonyl (C=O) groups excluding carboxylic acids is 1. The molecule has 3 nitrogen and oxygen atoms in total. The SMILES string of the molecule is C[C@@H]1CCc2nc(NC(=O)c3ccc(Cl)cc3)sc2C1. The average Bonchev–Trinajstić information content (AvgIpc) is 2.80. The van der Waals surface area contributed by atoms with Crippen LogP contribution in [0.5, 0.6) is 0 Å². The van der Waals surface area contributed by atoms with Crippen LogP contribution in [0.25, 0.3) is 0 Å². The van der Waals surface area contributed by atoms with E-state index >= 15 is 0 Å². The van der Waals surface area contributed by atoms with Gasteiger partial charge in [0, 0.05) is 15.5 Å². The number of benzene rings is 1. The summed E-state index contributed by atoms with van der Waals surface area (Å²) in [5, 5.41) is 4.20. The first-order valence-corrected chi connectivity index (χ1v) is 7.87. The van der Waals surface area contributed by atoms with Crippen LogP contribution in [0.15, 0.2) is 24.3 Å². The molecule has 1 atom stereocenters. The van der Waals surface area contributed by atoms with Gasteiger partial charge < -0.3 is 0 Å². The van der Waals surface area contributed by atoms with Crippen LogP contribution >= 0.6 is 22.9 Å². The highest BCUT2D eigenvalue weighted by Crippen LogP contribution is 2.32. The predicted molar refractivity (Wildman–Crippen MR) is 82.7 cm³/mol. The maximum atomic E-state index is 12.1. The fourth-order valence-electron chi connectivity index (χ4n) is 2.36. The Hall–Kier alpha value is -1.39. The second-order valence-corrected chi connectivity index (χ2v) is 6.72. The minimum atomic E-state index is -0.138. The Morgan fingerprint density at radius 3 is 2.90 bits per heavy atom. The number of fused-ring (bicyclic) bond motifs is 1. The monoisotopic (exact) mass is 306 g/mol. The van der Waals surface area contributed by atoms with Gasteiger partial charge in [0.1, 0.15) is 0 Å². The molecule has 0 saturated heterocycles. The number of thiazole rings is 1. The smallest absolute Gasteiger partial charge is 0.257 e. The first-order chi connectivity index (χ1) is 9.61. The lowest BCUT2D eigenvalue weighted by Gasteiger charge is -2.15. The van der Waals surface area contributed by atoms with E-state index in [1.165, 1.54) is 11.3 Å². The minimum Gasteiger partial charge on any atom is -0.298 e. The van der Waals surface area contributed by atoms with Crippen molar-refractivity contribution in [3.63, 3.8) is 0 Å². The second kappa shape index (κ2) is 5.54. The van der Waals surface area contributed by atoms with Gasteiger partial charge in [0.05, 0.1) is 5.69 Å². The molecule has 1 aromatic carbocycles. The maximum absolute atomic E-state index is 12.1. The molecule has 0 saturated carbocycles. The van der Waals surface area contributed by atoms with Crippen LogP contribution in [0, 0.1) is 5.92 Å². The highest BCUT2D eigenvalue weighted by Gasteiger charge is 2.20. The van der Waals surface area contributed by atoms with Crippen molar-refractivity contribution in [3.8, 4) is 0 Å². The van der Waals surface area contributed by atoms with E-state index in [9.17, 15) is 4.79 Å². The first kappa shape index (κ1) is 13.6. The summed E-state index contributed by atoms with van der Waals surface area (Å²) in [6.07, 6.45) is 3.27. The fraction of sp³-hybridized carbons (Fsp3) is 0.333. The van der Waals surface area contributed by atoms with Crippen molar-refractivity contribution in [2.45, 2.75) is 26.2 Å². The summed E-state index contributed by atoms with van der Waals surface area (Å²) >= 11 is 7.41. The van der Waals surface area contributed by atoms with Gasteiger partial charge in [0.25, 0.3) is 5.91 Å². The van der Waals surface area contributed by atoms with Crippen molar-refractivity contribution in [1.29, 1.82) is 0 Å². The lowest BCUT2D eigenvalue weighted by Crippen LogP contribution is -2.11. The molecule has 0 spiro atoms. The van der Waals surface area contributed by atoms with E-state index in [-0.39, 0.29) is 5.91 Å². The fourth-order valence-corrected chi connectivity index (χ4v) is 3.66. The summed E-state index contributed by atoms with van der Waals surface area (Å²) in [5.74, 6) is 0.573. The Kier molecular flexibility index (Phi) is 3.76. The Morgan fingerprint density at radius 2 is 2.15 bits per heavy atom. The molecule has 1 aliphatic carbocycles. The van der Waals surface area contributed by atoms with Crippen molar-refractivity contribution < 1.29 is 4.79 Å². The van der Waals surface area contributed by atoms with E-state index in [1.807, 2.05) is 0 Å². The number of hydrogen-bond donors (Lipinski definition) is 1. The largest absolute Gasteiger partial charge is 0.298 e. The number of hydrogen-bond acceptors (Lipinski definition) is 3. The van der Waals surface area contributed by atoms with Crippen LogP contribution in [-0.4, -0.2) is 10.9 Å². The van der Waals surface area contributed by atoms with Crippen LogP contribution in [0.3, 0.4) is 0 Å². The molecule has 2 aromatic rings. The summed E-state index contributed by atoms with van der Waals surface area (Å²) in [6.45, 7) is 2.26. The Bertz CT molecular complexity index is 636. The van der Waals surface area contributed by atoms with Crippen molar-refractivity contribution >= 4 is 34.0 Å². The number of carbonyl (C=O) groups is 1. The molecule has 5 heteroatoms. The molecule has 20 heavy (non-hydrogen) atoms. The zero-order chi connectivity index (χ0) is 14.1. The van der Waals surface area contributed by atoms with E-state index in [1.54, 1.807) is 35.6 Å². The van der Waals surface area contributed by atoms with Crippen LogP contribution < -0.4 is 5.32 Å². The molecule has 3 rings (SSSR count). The number of nitrogens with zero attached hydrogens (tertiary/aromatic N) is 1. The van der Waals surface area contributed by atoms with Gasteiger partial charge in [-0.1, -0.05) is 18.5 Å². The van der Waals surface area contributed by atoms with Crippen LogP contribution in [-0.2, 0) is 12.8 Å². The first-order valence-electron chi connectivity index (χ1n) is 6.67. The summed E-state index contributed by atoms with van der Waals surface area (Å²) in [7, 11) is 0. The lowest BCUT2D eigenvalue weighted by molar-refractivity contribution is 0.102. The van der Waals surface area contributed by atoms with E-state index < -0.39 is 0 Å². The van der Waals surface area contributed by atoms with E-state index in [0.717, 1.165) is 18.5 Å². The molecule has 1 amide bonds. The van der Waals surface area contributed by atoms with Gasteiger partial charge in [0.2, 0.25) is 0 Å². The zero-order valence-corrected chi connectivity index (χ0v) is 12.7. The normalized spacial score (nSPS) is 17.6. The van der Waals surface area contributed by atoms with Crippen LogP contribution in [0.4, 0.5) is 5.13 Å². The highest BCUT2D eigenvalue weighted by atomic mass is 35.5. The number of halogens is 1. The Morgan fingerprint density at radius 1 is 1.40 bits per heavy atom. The molecule has 0 aliphatic heterocycles. The number of rotatable bonds is 2.